The first-order valence-corrected chi connectivity index (χ1v) is 6.35. The topological polar surface area (TPSA) is 74.2 Å². The number of aromatic hydroxyl groups is 1. The molecule has 0 atom stereocenters. The van der Waals surface area contributed by atoms with Gasteiger partial charge >= 0.3 is 5.97 Å². The van der Waals surface area contributed by atoms with Crippen LogP contribution in [0.3, 0.4) is 0 Å². The third-order valence-corrected chi connectivity index (χ3v) is 2.39. The molecule has 0 aliphatic rings. The summed E-state index contributed by atoms with van der Waals surface area (Å²) in [7, 11) is 1.61. The van der Waals surface area contributed by atoms with E-state index in [4.69, 9.17) is 18.9 Å². The summed E-state index contributed by atoms with van der Waals surface area (Å²) >= 11 is 0. The highest BCUT2D eigenvalue weighted by Crippen LogP contribution is 2.16. The predicted molar refractivity (Wildman–Crippen MR) is 71.9 cm³/mol. The molecule has 0 saturated carbocycles. The van der Waals surface area contributed by atoms with E-state index in [1.54, 1.807) is 19.2 Å². The van der Waals surface area contributed by atoms with Gasteiger partial charge in [0.1, 0.15) is 17.9 Å². The van der Waals surface area contributed by atoms with Gasteiger partial charge in [-0.05, 0) is 12.1 Å². The average molecular weight is 284 g/mol. The number of methoxy groups -OCH3 is 1. The first kappa shape index (κ1) is 16.4. The van der Waals surface area contributed by atoms with Crippen LogP contribution in [0.5, 0.6) is 5.75 Å². The number of phenolic OH excluding ortho intramolecular Hbond substituents is 1. The van der Waals surface area contributed by atoms with Gasteiger partial charge < -0.3 is 24.1 Å². The highest BCUT2D eigenvalue weighted by molar-refractivity contribution is 5.92. The van der Waals surface area contributed by atoms with E-state index in [9.17, 15) is 9.90 Å². The van der Waals surface area contributed by atoms with Gasteiger partial charge in [0.2, 0.25) is 0 Å². The SMILES string of the molecule is COCCOCCOCCOC(=O)c1ccccc1O. The molecule has 112 valence electrons. The summed E-state index contributed by atoms with van der Waals surface area (Å²) in [4.78, 5) is 11.6. The van der Waals surface area contributed by atoms with Crippen LogP contribution in [0.4, 0.5) is 0 Å². The Bertz CT molecular complexity index is 393. The standard InChI is InChI=1S/C14H20O6/c1-17-6-7-18-8-9-19-10-11-20-14(16)12-4-2-3-5-13(12)15/h2-5,15H,6-11H2,1H3. The van der Waals surface area contributed by atoms with Crippen molar-refractivity contribution in [3.63, 3.8) is 0 Å². The number of phenols is 1. The zero-order valence-corrected chi connectivity index (χ0v) is 11.5. The molecule has 0 saturated heterocycles. The van der Waals surface area contributed by atoms with E-state index in [1.165, 1.54) is 12.1 Å². The molecule has 1 N–H and O–H groups in total. The molecule has 0 aromatic heterocycles. The van der Waals surface area contributed by atoms with Crippen LogP contribution in [0.25, 0.3) is 0 Å². The maximum Gasteiger partial charge on any atom is 0.341 e. The first-order chi connectivity index (χ1) is 9.75. The molecule has 20 heavy (non-hydrogen) atoms. The number of para-hydroxylation sites is 1. The second-order valence-corrected chi connectivity index (χ2v) is 3.87. The smallest absolute Gasteiger partial charge is 0.341 e. The third-order valence-electron chi connectivity index (χ3n) is 2.39. The van der Waals surface area contributed by atoms with Crippen molar-refractivity contribution < 1.29 is 28.8 Å². The summed E-state index contributed by atoms with van der Waals surface area (Å²) in [5.41, 5.74) is 0.149. The number of carbonyl (C=O) groups is 1. The van der Waals surface area contributed by atoms with E-state index < -0.39 is 5.97 Å². The molecule has 0 fully saturated rings. The van der Waals surface area contributed by atoms with Crippen molar-refractivity contribution in [3.8, 4) is 5.75 Å². The van der Waals surface area contributed by atoms with Crippen LogP contribution < -0.4 is 0 Å². The molecule has 0 bridgehead atoms. The lowest BCUT2D eigenvalue weighted by Gasteiger charge is -2.07. The molecule has 1 aromatic carbocycles. The quantitative estimate of drug-likeness (QED) is 0.514. The highest BCUT2D eigenvalue weighted by Gasteiger charge is 2.10. The minimum Gasteiger partial charge on any atom is -0.507 e. The molecule has 1 aromatic rings. The fraction of sp³-hybridized carbons (Fsp3) is 0.500. The summed E-state index contributed by atoms with van der Waals surface area (Å²) in [6, 6.07) is 6.23. The molecule has 0 amide bonds. The van der Waals surface area contributed by atoms with E-state index >= 15 is 0 Å². The van der Waals surface area contributed by atoms with E-state index in [-0.39, 0.29) is 24.5 Å². The molecular weight excluding hydrogens is 264 g/mol. The lowest BCUT2D eigenvalue weighted by Crippen LogP contribution is -2.14. The Hall–Kier alpha value is -1.63. The Labute approximate surface area is 118 Å². The van der Waals surface area contributed by atoms with E-state index in [2.05, 4.69) is 0 Å². The van der Waals surface area contributed by atoms with Crippen LogP contribution >= 0.6 is 0 Å². The van der Waals surface area contributed by atoms with Crippen molar-refractivity contribution >= 4 is 5.97 Å². The maximum absolute atomic E-state index is 11.6. The molecule has 0 unspecified atom stereocenters. The second-order valence-electron chi connectivity index (χ2n) is 3.87. The number of esters is 1. The van der Waals surface area contributed by atoms with Crippen molar-refractivity contribution in [2.24, 2.45) is 0 Å². The van der Waals surface area contributed by atoms with Gasteiger partial charge in [0.25, 0.3) is 0 Å². The maximum atomic E-state index is 11.6. The molecule has 0 aliphatic carbocycles. The Morgan fingerprint density at radius 3 is 2.25 bits per heavy atom. The number of benzene rings is 1. The highest BCUT2D eigenvalue weighted by atomic mass is 16.6. The van der Waals surface area contributed by atoms with E-state index in [1.807, 2.05) is 0 Å². The van der Waals surface area contributed by atoms with Gasteiger partial charge in [-0.1, -0.05) is 12.1 Å². The zero-order valence-electron chi connectivity index (χ0n) is 11.5. The zero-order chi connectivity index (χ0) is 14.6. The summed E-state index contributed by atoms with van der Waals surface area (Å²) in [6.45, 7) is 2.40. The summed E-state index contributed by atoms with van der Waals surface area (Å²) in [5.74, 6) is -0.659. The van der Waals surface area contributed by atoms with Crippen molar-refractivity contribution in [2.45, 2.75) is 0 Å². The minimum atomic E-state index is -0.567. The molecule has 0 radical (unpaired) electrons. The van der Waals surface area contributed by atoms with Gasteiger partial charge in [-0.2, -0.15) is 0 Å². The summed E-state index contributed by atoms with van der Waals surface area (Å²) < 4.78 is 20.2. The lowest BCUT2D eigenvalue weighted by molar-refractivity contribution is 0.00561. The molecule has 6 heteroatoms. The van der Waals surface area contributed by atoms with E-state index in [0.29, 0.717) is 26.4 Å². The fourth-order valence-corrected chi connectivity index (χ4v) is 1.38. The van der Waals surface area contributed by atoms with E-state index in [0.717, 1.165) is 0 Å². The number of hydrogen-bond acceptors (Lipinski definition) is 6. The van der Waals surface area contributed by atoms with Crippen molar-refractivity contribution in [3.05, 3.63) is 29.8 Å². The van der Waals surface area contributed by atoms with Crippen LogP contribution in [0, 0.1) is 0 Å². The molecule has 6 nitrogen and oxygen atoms in total. The number of ether oxygens (including phenoxy) is 4. The van der Waals surface area contributed by atoms with Crippen LogP contribution in [-0.2, 0) is 18.9 Å². The molecule has 0 heterocycles. The van der Waals surface area contributed by atoms with Crippen molar-refractivity contribution in [1.82, 2.24) is 0 Å². The van der Waals surface area contributed by atoms with Gasteiger partial charge in [-0.15, -0.1) is 0 Å². The van der Waals surface area contributed by atoms with Gasteiger partial charge in [0, 0.05) is 7.11 Å². The fourth-order valence-electron chi connectivity index (χ4n) is 1.38. The first-order valence-electron chi connectivity index (χ1n) is 6.35. The summed E-state index contributed by atoms with van der Waals surface area (Å²) in [5, 5.41) is 9.47. The van der Waals surface area contributed by atoms with Crippen molar-refractivity contribution in [2.75, 3.05) is 46.8 Å². The third kappa shape index (κ3) is 6.51. The summed E-state index contributed by atoms with van der Waals surface area (Å²) in [6.07, 6.45) is 0. The monoisotopic (exact) mass is 284 g/mol. The number of rotatable bonds is 10. The van der Waals surface area contributed by atoms with Gasteiger partial charge in [-0.25, -0.2) is 4.79 Å². The molecular formula is C14H20O6. The minimum absolute atomic E-state index is 0.0926. The predicted octanol–water partition coefficient (Wildman–Crippen LogP) is 1.23. The largest absolute Gasteiger partial charge is 0.507 e. The van der Waals surface area contributed by atoms with Gasteiger partial charge in [0.05, 0.1) is 33.0 Å². The average Bonchev–Trinajstić information content (AvgIpc) is 2.46. The van der Waals surface area contributed by atoms with Gasteiger partial charge in [0.15, 0.2) is 0 Å². The van der Waals surface area contributed by atoms with Crippen molar-refractivity contribution in [1.29, 1.82) is 0 Å². The molecule has 0 spiro atoms. The number of carbonyl (C=O) groups excluding carboxylic acids is 1. The Morgan fingerprint density at radius 2 is 1.60 bits per heavy atom. The normalized spacial score (nSPS) is 10.4. The Kier molecular flexibility index (Phi) is 8.37. The van der Waals surface area contributed by atoms with Crippen LogP contribution in [0.15, 0.2) is 24.3 Å². The number of hydrogen-bond donors (Lipinski definition) is 1. The second kappa shape index (κ2) is 10.2. The van der Waals surface area contributed by atoms with Crippen LogP contribution in [0.2, 0.25) is 0 Å². The Balaban J connectivity index is 2.04. The Morgan fingerprint density at radius 1 is 1.00 bits per heavy atom. The van der Waals surface area contributed by atoms with Gasteiger partial charge in [-0.3, -0.25) is 0 Å². The molecule has 1 rings (SSSR count). The lowest BCUT2D eigenvalue weighted by atomic mass is 10.2. The molecule has 0 aliphatic heterocycles. The van der Waals surface area contributed by atoms with Crippen LogP contribution in [-0.4, -0.2) is 57.8 Å². The van der Waals surface area contributed by atoms with Crippen LogP contribution in [0.1, 0.15) is 10.4 Å².